The fourth-order valence-corrected chi connectivity index (χ4v) is 5.12. The number of rotatable bonds is 10. The van der Waals surface area contributed by atoms with Crippen LogP contribution in [0.25, 0.3) is 11.3 Å². The molecule has 1 N–H and O–H groups in total. The zero-order valence-electron chi connectivity index (χ0n) is 20.2. The molecule has 182 valence electrons. The van der Waals surface area contributed by atoms with E-state index in [4.69, 9.17) is 9.84 Å². The van der Waals surface area contributed by atoms with Gasteiger partial charge in [0.15, 0.2) is 0 Å². The number of para-hydroxylation sites is 1. The number of aromatic amines is 1. The van der Waals surface area contributed by atoms with Gasteiger partial charge in [0.2, 0.25) is 11.1 Å². The summed E-state index contributed by atoms with van der Waals surface area (Å²) >= 11 is 1.54. The van der Waals surface area contributed by atoms with Crippen LogP contribution in [0.3, 0.4) is 0 Å². The van der Waals surface area contributed by atoms with Gasteiger partial charge in [0.25, 0.3) is 6.17 Å². The number of benzene rings is 2. The molecule has 0 fully saturated rings. The topological polar surface area (TPSA) is 79.2 Å². The second kappa shape index (κ2) is 11.4. The predicted octanol–water partition coefficient (Wildman–Crippen LogP) is 4.88. The van der Waals surface area contributed by atoms with Gasteiger partial charge in [-0.05, 0) is 47.5 Å². The SMILES string of the molecule is C=CCOc1ccc([C@@H]2N(C(C)=O)c3ccccc3-c3c(=O)[nH]c(SCCCCCC)n[n+]32)cc1. The number of anilines is 1. The molecule has 0 spiro atoms. The fraction of sp³-hybridized carbons (Fsp3) is 0.333. The summed E-state index contributed by atoms with van der Waals surface area (Å²) in [4.78, 5) is 31.0. The summed E-state index contributed by atoms with van der Waals surface area (Å²) in [5, 5.41) is 5.39. The van der Waals surface area contributed by atoms with Gasteiger partial charge in [0.1, 0.15) is 12.4 Å². The van der Waals surface area contributed by atoms with Crippen LogP contribution in [0.2, 0.25) is 0 Å². The summed E-state index contributed by atoms with van der Waals surface area (Å²) < 4.78 is 7.32. The van der Waals surface area contributed by atoms with Crippen LogP contribution in [0.5, 0.6) is 5.75 Å². The first kappa shape index (κ1) is 24.7. The van der Waals surface area contributed by atoms with Crippen molar-refractivity contribution in [2.45, 2.75) is 50.9 Å². The van der Waals surface area contributed by atoms with Crippen LogP contribution in [0.15, 0.2) is 71.1 Å². The van der Waals surface area contributed by atoms with E-state index >= 15 is 0 Å². The number of carbonyl (C=O) groups is 1. The van der Waals surface area contributed by atoms with Gasteiger partial charge in [0, 0.05) is 23.3 Å². The number of H-pyrrole nitrogens is 1. The van der Waals surface area contributed by atoms with Crippen LogP contribution in [-0.4, -0.2) is 28.3 Å². The molecule has 7 nitrogen and oxygen atoms in total. The number of thioether (sulfide) groups is 1. The molecule has 0 radical (unpaired) electrons. The highest BCUT2D eigenvalue weighted by molar-refractivity contribution is 7.99. The molecule has 2 aromatic carbocycles. The highest BCUT2D eigenvalue weighted by atomic mass is 32.2. The van der Waals surface area contributed by atoms with Gasteiger partial charge < -0.3 is 4.74 Å². The number of carbonyl (C=O) groups excluding carboxylic acids is 1. The summed E-state index contributed by atoms with van der Waals surface area (Å²) in [5.41, 5.74) is 2.40. The third-order valence-corrected chi connectivity index (χ3v) is 6.83. The molecule has 1 aliphatic heterocycles. The minimum absolute atomic E-state index is 0.136. The molecule has 2 heterocycles. The monoisotopic (exact) mass is 491 g/mol. The predicted molar refractivity (Wildman–Crippen MR) is 139 cm³/mol. The van der Waals surface area contributed by atoms with Crippen LogP contribution < -0.4 is 19.9 Å². The highest BCUT2D eigenvalue weighted by Crippen LogP contribution is 2.37. The van der Waals surface area contributed by atoms with Gasteiger partial charge in [0.05, 0.1) is 11.3 Å². The molecule has 0 aliphatic carbocycles. The van der Waals surface area contributed by atoms with Crippen molar-refractivity contribution in [2.75, 3.05) is 17.3 Å². The van der Waals surface area contributed by atoms with Gasteiger partial charge in [-0.25, -0.2) is 4.90 Å². The van der Waals surface area contributed by atoms with E-state index in [1.54, 1.807) is 15.7 Å². The Morgan fingerprint density at radius 1 is 1.20 bits per heavy atom. The summed E-state index contributed by atoms with van der Waals surface area (Å²) in [6.45, 7) is 7.80. The normalized spacial score (nSPS) is 14.2. The fourth-order valence-electron chi connectivity index (χ4n) is 4.27. The second-order valence-electron chi connectivity index (χ2n) is 8.41. The third-order valence-electron chi connectivity index (χ3n) is 5.88. The van der Waals surface area contributed by atoms with Crippen molar-refractivity contribution in [2.24, 2.45) is 0 Å². The number of aromatic nitrogens is 3. The maximum atomic E-state index is 13.3. The quantitative estimate of drug-likeness (QED) is 0.189. The molecule has 0 saturated carbocycles. The molecule has 1 amide bonds. The standard InChI is InChI=1S/C27H30N4O3S/c1-4-6-7-10-18-35-27-28-25(33)24-22-11-8-9-12-23(22)30(19(3)32)26(31(24)29-27)20-13-15-21(16-14-20)34-17-5-2/h5,8-9,11-16,26H,2,4,6-7,10,17-18H2,1,3H3/p+1/t26-/m1/s1. The van der Waals surface area contributed by atoms with Crippen LogP contribution in [0.4, 0.5) is 5.69 Å². The number of hydrogen-bond donors (Lipinski definition) is 1. The van der Waals surface area contributed by atoms with E-state index in [1.807, 2.05) is 48.5 Å². The number of nitrogens with one attached hydrogen (secondary N) is 1. The molecule has 1 aromatic heterocycles. The Hall–Kier alpha value is -3.39. The van der Waals surface area contributed by atoms with Crippen molar-refractivity contribution in [1.82, 2.24) is 10.1 Å². The first-order valence-electron chi connectivity index (χ1n) is 12.0. The third kappa shape index (κ3) is 5.32. The van der Waals surface area contributed by atoms with Gasteiger partial charge in [-0.1, -0.05) is 62.7 Å². The zero-order chi connectivity index (χ0) is 24.8. The Morgan fingerprint density at radius 3 is 2.69 bits per heavy atom. The number of hydrogen-bond acceptors (Lipinski definition) is 5. The van der Waals surface area contributed by atoms with Crippen LogP contribution >= 0.6 is 11.8 Å². The van der Waals surface area contributed by atoms with Crippen molar-refractivity contribution >= 4 is 23.4 Å². The molecule has 1 aliphatic rings. The lowest BCUT2D eigenvalue weighted by atomic mass is 10.0. The molecule has 0 saturated heterocycles. The number of fused-ring (bicyclic) bond motifs is 3. The Balaban J connectivity index is 1.80. The minimum atomic E-state index is -0.604. The first-order chi connectivity index (χ1) is 17.0. The van der Waals surface area contributed by atoms with E-state index in [0.29, 0.717) is 34.5 Å². The first-order valence-corrected chi connectivity index (χ1v) is 13.0. The zero-order valence-corrected chi connectivity index (χ0v) is 21.0. The molecular formula is C27H31N4O3S+. The van der Waals surface area contributed by atoms with Crippen molar-refractivity contribution in [3.63, 3.8) is 0 Å². The van der Waals surface area contributed by atoms with Gasteiger partial charge >= 0.3 is 11.3 Å². The van der Waals surface area contributed by atoms with E-state index in [-0.39, 0.29) is 11.5 Å². The second-order valence-corrected chi connectivity index (χ2v) is 9.49. The van der Waals surface area contributed by atoms with E-state index in [9.17, 15) is 9.59 Å². The summed E-state index contributed by atoms with van der Waals surface area (Å²) in [5.74, 6) is 1.44. The lowest BCUT2D eigenvalue weighted by Gasteiger charge is -2.31. The minimum Gasteiger partial charge on any atom is -0.490 e. The molecule has 35 heavy (non-hydrogen) atoms. The van der Waals surface area contributed by atoms with Gasteiger partial charge in [-0.15, -0.1) is 0 Å². The van der Waals surface area contributed by atoms with E-state index < -0.39 is 6.17 Å². The molecule has 3 aromatic rings. The van der Waals surface area contributed by atoms with E-state index in [0.717, 1.165) is 24.2 Å². The van der Waals surface area contributed by atoms with E-state index in [1.165, 1.54) is 31.5 Å². The van der Waals surface area contributed by atoms with Gasteiger partial charge in [-0.2, -0.15) is 0 Å². The largest absolute Gasteiger partial charge is 0.490 e. The molecule has 0 unspecified atom stereocenters. The summed E-state index contributed by atoms with van der Waals surface area (Å²) in [6.07, 6.45) is 5.67. The van der Waals surface area contributed by atoms with Crippen LogP contribution in [0, 0.1) is 0 Å². The maximum absolute atomic E-state index is 13.3. The number of nitrogens with zero attached hydrogens (tertiary/aromatic N) is 3. The molecule has 1 atom stereocenters. The Morgan fingerprint density at radius 2 is 1.97 bits per heavy atom. The number of ether oxygens (including phenoxy) is 1. The Kier molecular flexibility index (Phi) is 8.02. The average molecular weight is 492 g/mol. The Bertz CT molecular complexity index is 1260. The van der Waals surface area contributed by atoms with Crippen molar-refractivity contribution in [3.8, 4) is 17.0 Å². The summed E-state index contributed by atoms with van der Waals surface area (Å²) in [7, 11) is 0. The molecular weight excluding hydrogens is 460 g/mol. The number of amides is 1. The maximum Gasteiger partial charge on any atom is 0.325 e. The molecule has 0 bridgehead atoms. The van der Waals surface area contributed by atoms with Crippen molar-refractivity contribution in [3.05, 3.63) is 77.1 Å². The highest BCUT2D eigenvalue weighted by Gasteiger charge is 2.44. The average Bonchev–Trinajstić information content (AvgIpc) is 2.86. The Labute approximate surface area is 209 Å². The molecule has 4 rings (SSSR count). The lowest BCUT2D eigenvalue weighted by molar-refractivity contribution is -0.763. The number of unbranched alkanes of at least 4 members (excludes halogenated alkanes) is 3. The van der Waals surface area contributed by atoms with Gasteiger partial charge in [-0.3, -0.25) is 14.6 Å². The van der Waals surface area contributed by atoms with Crippen LogP contribution in [0.1, 0.15) is 51.3 Å². The smallest absolute Gasteiger partial charge is 0.325 e. The van der Waals surface area contributed by atoms with E-state index in [2.05, 4.69) is 18.5 Å². The van der Waals surface area contributed by atoms with Crippen LogP contribution in [-0.2, 0) is 4.79 Å². The lowest BCUT2D eigenvalue weighted by Crippen LogP contribution is -2.60. The van der Waals surface area contributed by atoms with Crippen molar-refractivity contribution in [1.29, 1.82) is 0 Å². The van der Waals surface area contributed by atoms with Crippen molar-refractivity contribution < 1.29 is 14.2 Å². The summed E-state index contributed by atoms with van der Waals surface area (Å²) in [6, 6.07) is 15.0. The molecule has 8 heteroatoms.